The molecule has 0 spiro atoms. The van der Waals surface area contributed by atoms with Crippen LogP contribution in [0.1, 0.15) is 36.2 Å². The lowest BCUT2D eigenvalue weighted by molar-refractivity contribution is 0.563. The monoisotopic (exact) mass is 315 g/mol. The summed E-state index contributed by atoms with van der Waals surface area (Å²) >= 11 is 13.9. The molecule has 0 bridgehead atoms. The summed E-state index contributed by atoms with van der Waals surface area (Å²) < 4.78 is 0. The van der Waals surface area contributed by atoms with Gasteiger partial charge in [0.2, 0.25) is 0 Å². The van der Waals surface area contributed by atoms with Gasteiger partial charge in [-0.25, -0.2) is 4.98 Å². The molecular weight excluding hydrogens is 301 g/mol. The van der Waals surface area contributed by atoms with Gasteiger partial charge in [0, 0.05) is 35.9 Å². The van der Waals surface area contributed by atoms with Crippen LogP contribution >= 0.6 is 34.5 Å². The molecular formula is C13H15Cl2N3S. The van der Waals surface area contributed by atoms with Crippen LogP contribution in [-0.2, 0) is 13.0 Å². The summed E-state index contributed by atoms with van der Waals surface area (Å²) in [7, 11) is 0. The zero-order valence-electron chi connectivity index (χ0n) is 10.8. The van der Waals surface area contributed by atoms with Crippen LogP contribution in [0.15, 0.2) is 17.8 Å². The van der Waals surface area contributed by atoms with Crippen molar-refractivity contribution in [2.45, 2.75) is 32.9 Å². The number of hydrogen-bond acceptors (Lipinski definition) is 4. The fraction of sp³-hybridized carbons (Fsp3) is 0.385. The van der Waals surface area contributed by atoms with E-state index in [9.17, 15) is 0 Å². The molecule has 1 unspecified atom stereocenters. The first kappa shape index (κ1) is 14.7. The van der Waals surface area contributed by atoms with Gasteiger partial charge in [-0.15, -0.1) is 11.3 Å². The standard InChI is InChI=1S/C13H15Cl2N3S/c1-3-13-18-12(7-19-13)8(2)17-4-9-10(14)5-16-6-11(9)15/h5-8,17H,3-4H2,1-2H3. The highest BCUT2D eigenvalue weighted by Crippen LogP contribution is 2.24. The predicted octanol–water partition coefficient (Wildman–Crippen LogP) is 4.26. The van der Waals surface area contributed by atoms with Crippen LogP contribution < -0.4 is 5.32 Å². The van der Waals surface area contributed by atoms with Crippen molar-refractivity contribution < 1.29 is 0 Å². The molecule has 1 atom stereocenters. The average molecular weight is 316 g/mol. The summed E-state index contributed by atoms with van der Waals surface area (Å²) in [5.41, 5.74) is 1.93. The van der Waals surface area contributed by atoms with E-state index in [1.54, 1.807) is 23.7 Å². The minimum Gasteiger partial charge on any atom is -0.305 e. The number of nitrogens with one attached hydrogen (secondary N) is 1. The summed E-state index contributed by atoms with van der Waals surface area (Å²) in [5.74, 6) is 0. The van der Waals surface area contributed by atoms with E-state index in [0.717, 1.165) is 22.7 Å². The lowest BCUT2D eigenvalue weighted by Gasteiger charge is -2.13. The molecule has 0 fully saturated rings. The summed E-state index contributed by atoms with van der Waals surface area (Å²) in [6.45, 7) is 4.79. The van der Waals surface area contributed by atoms with Crippen LogP contribution in [0.25, 0.3) is 0 Å². The van der Waals surface area contributed by atoms with Crippen molar-refractivity contribution in [3.05, 3.63) is 44.1 Å². The second kappa shape index (κ2) is 6.66. The first-order valence-electron chi connectivity index (χ1n) is 6.07. The van der Waals surface area contributed by atoms with Crippen molar-refractivity contribution in [3.63, 3.8) is 0 Å². The molecule has 2 rings (SSSR count). The van der Waals surface area contributed by atoms with E-state index in [0.29, 0.717) is 16.6 Å². The molecule has 102 valence electrons. The van der Waals surface area contributed by atoms with E-state index < -0.39 is 0 Å². The van der Waals surface area contributed by atoms with Gasteiger partial charge in [0.05, 0.1) is 20.7 Å². The van der Waals surface area contributed by atoms with Crippen LogP contribution in [0.5, 0.6) is 0 Å². The highest BCUT2D eigenvalue weighted by atomic mass is 35.5. The number of hydrogen-bond donors (Lipinski definition) is 1. The van der Waals surface area contributed by atoms with Crippen molar-refractivity contribution in [1.29, 1.82) is 0 Å². The summed E-state index contributed by atoms with van der Waals surface area (Å²) in [6.07, 6.45) is 4.18. The van der Waals surface area contributed by atoms with E-state index in [4.69, 9.17) is 23.2 Å². The highest BCUT2D eigenvalue weighted by molar-refractivity contribution is 7.09. The fourth-order valence-corrected chi connectivity index (χ4v) is 2.99. The maximum absolute atomic E-state index is 6.09. The van der Waals surface area contributed by atoms with E-state index in [-0.39, 0.29) is 6.04 Å². The summed E-state index contributed by atoms with van der Waals surface area (Å²) in [5, 5.41) is 7.79. The lowest BCUT2D eigenvalue weighted by atomic mass is 10.2. The molecule has 0 aliphatic rings. The molecule has 0 aliphatic heterocycles. The molecule has 0 aromatic carbocycles. The topological polar surface area (TPSA) is 37.8 Å². The van der Waals surface area contributed by atoms with Crippen LogP contribution in [0.2, 0.25) is 10.0 Å². The first-order chi connectivity index (χ1) is 9.11. The van der Waals surface area contributed by atoms with E-state index >= 15 is 0 Å². The summed E-state index contributed by atoms with van der Waals surface area (Å²) in [4.78, 5) is 8.51. The second-order valence-corrected chi connectivity index (χ2v) is 5.96. The van der Waals surface area contributed by atoms with Crippen LogP contribution in [0.4, 0.5) is 0 Å². The maximum Gasteiger partial charge on any atom is 0.0926 e. The van der Waals surface area contributed by atoms with Gasteiger partial charge in [-0.3, -0.25) is 4.98 Å². The van der Waals surface area contributed by atoms with Gasteiger partial charge in [-0.05, 0) is 13.3 Å². The number of aryl methyl sites for hydroxylation is 1. The van der Waals surface area contributed by atoms with Crippen molar-refractivity contribution in [3.8, 4) is 0 Å². The Labute approximate surface area is 127 Å². The average Bonchev–Trinajstić information content (AvgIpc) is 2.86. The Kier molecular flexibility index (Phi) is 5.16. The van der Waals surface area contributed by atoms with Crippen molar-refractivity contribution in [2.24, 2.45) is 0 Å². The number of nitrogens with zero attached hydrogens (tertiary/aromatic N) is 2. The Morgan fingerprint density at radius 2 is 2.00 bits per heavy atom. The predicted molar refractivity (Wildman–Crippen MR) is 81.0 cm³/mol. The van der Waals surface area contributed by atoms with Gasteiger partial charge in [0.25, 0.3) is 0 Å². The molecule has 2 heterocycles. The molecule has 0 saturated carbocycles. The van der Waals surface area contributed by atoms with E-state index in [1.807, 2.05) is 0 Å². The number of pyridine rings is 1. The van der Waals surface area contributed by atoms with Crippen molar-refractivity contribution >= 4 is 34.5 Å². The van der Waals surface area contributed by atoms with E-state index in [1.165, 1.54) is 0 Å². The van der Waals surface area contributed by atoms with Gasteiger partial charge in [0.1, 0.15) is 0 Å². The van der Waals surface area contributed by atoms with Crippen LogP contribution in [0, 0.1) is 0 Å². The molecule has 0 saturated heterocycles. The third kappa shape index (κ3) is 3.66. The van der Waals surface area contributed by atoms with Gasteiger partial charge >= 0.3 is 0 Å². The molecule has 19 heavy (non-hydrogen) atoms. The smallest absolute Gasteiger partial charge is 0.0926 e. The van der Waals surface area contributed by atoms with Crippen molar-refractivity contribution in [2.75, 3.05) is 0 Å². The Hall–Kier alpha value is -0.680. The molecule has 6 heteroatoms. The normalized spacial score (nSPS) is 12.6. The van der Waals surface area contributed by atoms with Gasteiger partial charge in [-0.2, -0.15) is 0 Å². The zero-order chi connectivity index (χ0) is 13.8. The molecule has 1 N–H and O–H groups in total. The molecule has 0 aliphatic carbocycles. The maximum atomic E-state index is 6.09. The van der Waals surface area contributed by atoms with Crippen LogP contribution in [-0.4, -0.2) is 9.97 Å². The van der Waals surface area contributed by atoms with Crippen LogP contribution in [0.3, 0.4) is 0 Å². The minimum absolute atomic E-state index is 0.164. The molecule has 0 radical (unpaired) electrons. The Morgan fingerprint density at radius 3 is 2.58 bits per heavy atom. The molecule has 2 aromatic rings. The molecule has 0 amide bonds. The van der Waals surface area contributed by atoms with E-state index in [2.05, 4.69) is 34.5 Å². The highest BCUT2D eigenvalue weighted by Gasteiger charge is 2.11. The second-order valence-electron chi connectivity index (χ2n) is 4.20. The van der Waals surface area contributed by atoms with Gasteiger partial charge in [-0.1, -0.05) is 30.1 Å². The fourth-order valence-electron chi connectivity index (χ4n) is 1.65. The SMILES string of the molecule is CCc1nc(C(C)NCc2c(Cl)cncc2Cl)cs1. The Bertz CT molecular complexity index is 536. The number of halogens is 2. The largest absolute Gasteiger partial charge is 0.305 e. The Morgan fingerprint density at radius 1 is 1.32 bits per heavy atom. The van der Waals surface area contributed by atoms with Crippen molar-refractivity contribution in [1.82, 2.24) is 15.3 Å². The quantitative estimate of drug-likeness (QED) is 0.896. The Balaban J connectivity index is 2.02. The third-order valence-electron chi connectivity index (χ3n) is 2.85. The number of rotatable bonds is 5. The number of thiazole rings is 1. The van der Waals surface area contributed by atoms with Gasteiger partial charge in [0.15, 0.2) is 0 Å². The lowest BCUT2D eigenvalue weighted by Crippen LogP contribution is -2.19. The molecule has 2 aromatic heterocycles. The number of aromatic nitrogens is 2. The third-order valence-corrected chi connectivity index (χ3v) is 4.52. The zero-order valence-corrected chi connectivity index (χ0v) is 13.1. The molecule has 3 nitrogen and oxygen atoms in total. The summed E-state index contributed by atoms with van der Waals surface area (Å²) in [6, 6.07) is 0.164. The minimum atomic E-state index is 0.164. The van der Waals surface area contributed by atoms with Gasteiger partial charge < -0.3 is 5.32 Å². The first-order valence-corrected chi connectivity index (χ1v) is 7.71.